The quantitative estimate of drug-likeness (QED) is 0.112. The molecule has 0 radical (unpaired) electrons. The Labute approximate surface area is 394 Å². The van der Waals surface area contributed by atoms with E-state index < -0.39 is 56.3 Å². The molecule has 0 saturated heterocycles. The van der Waals surface area contributed by atoms with Crippen LogP contribution < -0.4 is 0 Å². The monoisotopic (exact) mass is 976 g/mol. The average Bonchev–Trinajstić information content (AvgIpc) is 4.04. The molecule has 1 N–H and O–H groups in total. The van der Waals surface area contributed by atoms with E-state index in [2.05, 4.69) is 25.5 Å². The fraction of sp³-hybridized carbons (Fsp3) is 0.388. The summed E-state index contributed by atoms with van der Waals surface area (Å²) < 4.78 is 109. The summed E-state index contributed by atoms with van der Waals surface area (Å²) in [6.07, 6.45) is 12.1. The van der Waals surface area contributed by atoms with Crippen LogP contribution in [0.15, 0.2) is 95.4 Å². The van der Waals surface area contributed by atoms with Crippen molar-refractivity contribution in [2.45, 2.75) is 84.8 Å². The van der Waals surface area contributed by atoms with Crippen LogP contribution in [-0.2, 0) is 30.4 Å². The number of fused-ring (bicyclic) bond motifs is 2. The van der Waals surface area contributed by atoms with Crippen LogP contribution in [0.5, 0.6) is 0 Å². The lowest BCUT2D eigenvalue weighted by Crippen LogP contribution is -2.69. The highest BCUT2D eigenvalue weighted by Gasteiger charge is 2.73. The highest BCUT2D eigenvalue weighted by atomic mass is 32.2. The molecule has 69 heavy (non-hydrogen) atoms. The number of nitrogens with zero attached hydrogens (tertiary/aromatic N) is 7. The third-order valence-corrected chi connectivity index (χ3v) is 14.4. The van der Waals surface area contributed by atoms with Crippen LogP contribution in [0, 0.1) is 56.6 Å². The number of benzene rings is 4. The van der Waals surface area contributed by atoms with Gasteiger partial charge in [0.05, 0.1) is 59.2 Å². The summed E-state index contributed by atoms with van der Waals surface area (Å²) in [5.41, 5.74) is 1.25. The fourth-order valence-corrected chi connectivity index (χ4v) is 11.7. The van der Waals surface area contributed by atoms with E-state index in [0.29, 0.717) is 49.8 Å². The number of aromatic amines is 1. The van der Waals surface area contributed by atoms with Crippen molar-refractivity contribution < 1.29 is 48.5 Å². The number of nitrogens with one attached hydrogen (secondary N) is 1. The first-order valence-electron chi connectivity index (χ1n) is 21.5. The van der Waals surface area contributed by atoms with Gasteiger partial charge in [-0.05, 0) is 121 Å². The van der Waals surface area contributed by atoms with Crippen molar-refractivity contribution >= 4 is 56.2 Å². The topological polar surface area (TPSA) is 155 Å². The molecule has 6 fully saturated rings. The van der Waals surface area contributed by atoms with Gasteiger partial charge in [0.25, 0.3) is 10.1 Å². The van der Waals surface area contributed by atoms with Crippen LogP contribution >= 0.6 is 0 Å². The molecule has 6 aliphatic carbocycles. The van der Waals surface area contributed by atoms with E-state index in [-0.39, 0.29) is 55.7 Å². The van der Waals surface area contributed by atoms with E-state index in [4.69, 9.17) is 4.18 Å². The van der Waals surface area contributed by atoms with Gasteiger partial charge in [0.15, 0.2) is 0 Å². The number of carbonyl (C=O) groups is 2. The van der Waals surface area contributed by atoms with E-state index in [0.717, 1.165) is 59.5 Å². The number of amides is 2. The van der Waals surface area contributed by atoms with Gasteiger partial charge in [0.2, 0.25) is 11.8 Å². The van der Waals surface area contributed by atoms with Crippen LogP contribution in [0.1, 0.15) is 89.4 Å². The van der Waals surface area contributed by atoms with E-state index in [1.165, 1.54) is 58.5 Å². The summed E-state index contributed by atoms with van der Waals surface area (Å²) in [4.78, 5) is 26.2. The summed E-state index contributed by atoms with van der Waals surface area (Å²) in [6.45, 7) is 0.766. The molecule has 4 bridgehead atoms. The van der Waals surface area contributed by atoms with Crippen molar-refractivity contribution in [1.82, 2.24) is 30.0 Å². The second-order valence-corrected chi connectivity index (χ2v) is 20.6. The van der Waals surface area contributed by atoms with Crippen molar-refractivity contribution in [3.05, 3.63) is 131 Å². The first-order chi connectivity index (χ1) is 31.8. The number of H-pyrrole nitrogens is 1. The Hall–Kier alpha value is -6.41. The normalized spacial score (nSPS) is 26.5. The molecule has 2 amide bonds. The number of rotatable bonds is 9. The van der Waals surface area contributed by atoms with Crippen LogP contribution in [0.2, 0.25) is 0 Å². The lowest BCUT2D eigenvalue weighted by molar-refractivity contribution is -0.226. The van der Waals surface area contributed by atoms with Gasteiger partial charge in [-0.2, -0.15) is 28.8 Å². The number of halogens is 6. The van der Waals surface area contributed by atoms with E-state index in [1.54, 1.807) is 37.0 Å². The standard InChI is InChI=1S/C23H19F3N4O.C17H18F2N2O4S.C7H5FN2.2CH4/c24-16-1-2-19-15(7-16)9-28-29(19)13-22-10-23(11-22,12-22)21(31)30-20(3-4-27-30)14-5-17(25)8-18(26)6-14;1-26(23,24)25-10-16-7-17(8-16,9-16)15(22)21-14(2-3-20-21)11-4-12(18)6-13(19)5-11;8-6-1-2-7-5(3-6)4-9-10-7;;/h1-2,4-9,20H,3,10-13H2;3-6,14H,2,7-10H2,1H3;1-4H,(H,9,10);2*1H4. The molecule has 20 heteroatoms. The number of hydrazone groups is 2. The lowest BCUT2D eigenvalue weighted by Gasteiger charge is -2.69. The third-order valence-electron chi connectivity index (χ3n) is 13.9. The second-order valence-electron chi connectivity index (χ2n) is 19.0. The molecule has 8 aliphatic rings. The molecule has 14 rings (SSSR count). The van der Waals surface area contributed by atoms with Crippen molar-refractivity contribution in [3.63, 3.8) is 0 Å². The zero-order valence-electron chi connectivity index (χ0n) is 35.8. The van der Waals surface area contributed by atoms with Gasteiger partial charge in [-0.25, -0.2) is 36.4 Å². The van der Waals surface area contributed by atoms with Gasteiger partial charge in [-0.15, -0.1) is 0 Å². The Bertz CT molecular complexity index is 3080. The summed E-state index contributed by atoms with van der Waals surface area (Å²) in [5.74, 6) is -3.49. The maximum Gasteiger partial charge on any atom is 0.264 e. The first-order valence-corrected chi connectivity index (χ1v) is 23.3. The molecule has 2 aliphatic heterocycles. The molecule has 4 aromatic carbocycles. The molecule has 4 heterocycles. The van der Waals surface area contributed by atoms with Gasteiger partial charge < -0.3 is 0 Å². The Kier molecular flexibility index (Phi) is 12.7. The minimum Gasteiger partial charge on any atom is -0.278 e. The molecule has 13 nitrogen and oxygen atoms in total. The number of carbonyl (C=O) groups excluding carboxylic acids is 2. The zero-order valence-corrected chi connectivity index (χ0v) is 36.6. The maximum atomic E-state index is 13.7. The largest absolute Gasteiger partial charge is 0.278 e. The van der Waals surface area contributed by atoms with E-state index >= 15 is 0 Å². The SMILES string of the molecule is C.C.CS(=O)(=O)OCC12CC(C(=O)N3N=CCC3c3cc(F)cc(F)c3)(C1)C2.Fc1ccc2[nH]ncc2c1.O=C(N1N=CCC1c1cc(F)cc(F)c1)C12CC(Cn3ncc4cc(F)ccc43)(C1)C2. The molecule has 0 spiro atoms. The van der Waals surface area contributed by atoms with Crippen molar-refractivity contribution in [2.75, 3.05) is 12.9 Å². The Morgan fingerprint density at radius 2 is 1.13 bits per heavy atom. The Balaban J connectivity index is 0.000000153. The minimum absolute atomic E-state index is 0. The Morgan fingerprint density at radius 1 is 0.652 bits per heavy atom. The predicted molar refractivity (Wildman–Crippen MR) is 246 cm³/mol. The first kappa shape index (κ1) is 49.0. The maximum absolute atomic E-state index is 13.7. The van der Waals surface area contributed by atoms with Crippen LogP contribution in [0.4, 0.5) is 26.3 Å². The van der Waals surface area contributed by atoms with Crippen molar-refractivity contribution in [3.8, 4) is 0 Å². The number of hydrogen-bond donors (Lipinski definition) is 1. The molecular weight excluding hydrogens is 927 g/mol. The van der Waals surface area contributed by atoms with Crippen LogP contribution in [0.3, 0.4) is 0 Å². The van der Waals surface area contributed by atoms with Gasteiger partial charge in [0.1, 0.15) is 34.9 Å². The third kappa shape index (κ3) is 9.15. The molecule has 2 atom stereocenters. The highest BCUT2D eigenvalue weighted by Crippen LogP contribution is 2.75. The molecule has 2 aromatic heterocycles. The van der Waals surface area contributed by atoms with E-state index in [1.807, 2.05) is 4.68 Å². The summed E-state index contributed by atoms with van der Waals surface area (Å²) in [6, 6.07) is 14.7. The van der Waals surface area contributed by atoms with Gasteiger partial charge in [-0.3, -0.25) is 23.6 Å². The highest BCUT2D eigenvalue weighted by molar-refractivity contribution is 7.86. The summed E-state index contributed by atoms with van der Waals surface area (Å²) in [7, 11) is -3.51. The van der Waals surface area contributed by atoms with Crippen molar-refractivity contribution in [1.29, 1.82) is 0 Å². The molecule has 364 valence electrons. The lowest BCUT2D eigenvalue weighted by atomic mass is 9.34. The zero-order chi connectivity index (χ0) is 47.1. The van der Waals surface area contributed by atoms with Gasteiger partial charge in [0, 0.05) is 54.7 Å². The molecule has 6 aromatic rings. The minimum atomic E-state index is -3.51. The second kappa shape index (κ2) is 17.8. The van der Waals surface area contributed by atoms with Gasteiger partial charge >= 0.3 is 0 Å². The van der Waals surface area contributed by atoms with Crippen LogP contribution in [-0.4, -0.2) is 75.5 Å². The number of aromatic nitrogens is 4. The van der Waals surface area contributed by atoms with Crippen LogP contribution in [0.25, 0.3) is 21.8 Å². The predicted octanol–water partition coefficient (Wildman–Crippen LogP) is 9.93. The average molecular weight is 977 g/mol. The Morgan fingerprint density at radius 3 is 1.64 bits per heavy atom. The molecule has 6 saturated carbocycles. The summed E-state index contributed by atoms with van der Waals surface area (Å²) in [5, 5.41) is 23.5. The summed E-state index contributed by atoms with van der Waals surface area (Å²) >= 11 is 0. The van der Waals surface area contributed by atoms with Gasteiger partial charge in [-0.1, -0.05) is 14.9 Å². The smallest absolute Gasteiger partial charge is 0.264 e. The molecular formula is C49H50F6N8O5S. The molecule has 2 unspecified atom stereocenters. The fourth-order valence-electron chi connectivity index (χ4n) is 11.2. The number of hydrogen-bond acceptors (Lipinski definition) is 9. The van der Waals surface area contributed by atoms with Crippen molar-refractivity contribution in [2.24, 2.45) is 31.9 Å². The van der Waals surface area contributed by atoms with E-state index in [9.17, 15) is 44.3 Å².